The van der Waals surface area contributed by atoms with Crippen molar-refractivity contribution in [1.82, 2.24) is 15.5 Å². The standard InChI is InChI=1S/C13H27N3O/c1-5-16(12-6-7-12)9-8-14-11(4)13(17)15-10(2)3/h10-12,14H,5-9H2,1-4H3,(H,15,17). The summed E-state index contributed by atoms with van der Waals surface area (Å²) < 4.78 is 0. The molecule has 0 spiro atoms. The van der Waals surface area contributed by atoms with Gasteiger partial charge in [0.1, 0.15) is 0 Å². The summed E-state index contributed by atoms with van der Waals surface area (Å²) in [5, 5.41) is 6.20. The number of likely N-dealkylation sites (N-methyl/N-ethyl adjacent to an activating group) is 1. The first-order valence-electron chi connectivity index (χ1n) is 6.82. The van der Waals surface area contributed by atoms with Crippen molar-refractivity contribution in [2.75, 3.05) is 19.6 Å². The van der Waals surface area contributed by atoms with Crippen LogP contribution in [0.4, 0.5) is 0 Å². The summed E-state index contributed by atoms with van der Waals surface area (Å²) >= 11 is 0. The van der Waals surface area contributed by atoms with Gasteiger partial charge < -0.3 is 10.6 Å². The Morgan fingerprint density at radius 3 is 2.47 bits per heavy atom. The first kappa shape index (κ1) is 14.5. The highest BCUT2D eigenvalue weighted by molar-refractivity contribution is 5.81. The quantitative estimate of drug-likeness (QED) is 0.665. The molecule has 0 aromatic heterocycles. The third kappa shape index (κ3) is 5.50. The third-order valence-electron chi connectivity index (χ3n) is 3.14. The molecule has 0 saturated heterocycles. The molecule has 0 aromatic rings. The van der Waals surface area contributed by atoms with Gasteiger partial charge in [-0.15, -0.1) is 0 Å². The summed E-state index contributed by atoms with van der Waals surface area (Å²) in [6.45, 7) is 11.1. The minimum absolute atomic E-state index is 0.0921. The zero-order chi connectivity index (χ0) is 12.8. The molecule has 0 heterocycles. The van der Waals surface area contributed by atoms with Gasteiger partial charge >= 0.3 is 0 Å². The average Bonchev–Trinajstić information content (AvgIpc) is 3.07. The van der Waals surface area contributed by atoms with Crippen LogP contribution in [-0.2, 0) is 4.79 Å². The van der Waals surface area contributed by atoms with E-state index in [9.17, 15) is 4.79 Å². The molecular formula is C13H27N3O. The average molecular weight is 241 g/mol. The van der Waals surface area contributed by atoms with Gasteiger partial charge in [0.15, 0.2) is 0 Å². The summed E-state index contributed by atoms with van der Waals surface area (Å²) in [6.07, 6.45) is 2.69. The lowest BCUT2D eigenvalue weighted by molar-refractivity contribution is -0.123. The van der Waals surface area contributed by atoms with Crippen molar-refractivity contribution in [3.05, 3.63) is 0 Å². The zero-order valence-electron chi connectivity index (χ0n) is 11.6. The van der Waals surface area contributed by atoms with Gasteiger partial charge in [0, 0.05) is 25.2 Å². The molecule has 0 bridgehead atoms. The minimum Gasteiger partial charge on any atom is -0.353 e. The molecule has 0 radical (unpaired) electrons. The summed E-state index contributed by atoms with van der Waals surface area (Å²) in [4.78, 5) is 14.1. The maximum atomic E-state index is 11.7. The number of amides is 1. The number of nitrogens with zero attached hydrogens (tertiary/aromatic N) is 1. The predicted octanol–water partition coefficient (Wildman–Crippen LogP) is 0.973. The lowest BCUT2D eigenvalue weighted by Crippen LogP contribution is -2.46. The molecule has 1 amide bonds. The Morgan fingerprint density at radius 2 is 2.00 bits per heavy atom. The molecule has 1 unspecified atom stereocenters. The van der Waals surface area contributed by atoms with Crippen LogP contribution in [0.3, 0.4) is 0 Å². The molecule has 17 heavy (non-hydrogen) atoms. The summed E-state index contributed by atoms with van der Waals surface area (Å²) in [5.41, 5.74) is 0. The Balaban J connectivity index is 2.14. The molecule has 1 aliphatic carbocycles. The van der Waals surface area contributed by atoms with Crippen LogP contribution in [0.1, 0.15) is 40.5 Å². The first-order valence-corrected chi connectivity index (χ1v) is 6.82. The van der Waals surface area contributed by atoms with Gasteiger partial charge in [0.2, 0.25) is 5.91 Å². The molecule has 0 aromatic carbocycles. The Hall–Kier alpha value is -0.610. The second-order valence-electron chi connectivity index (χ2n) is 5.20. The van der Waals surface area contributed by atoms with Gasteiger partial charge in [-0.05, 0) is 40.2 Å². The van der Waals surface area contributed by atoms with Crippen molar-refractivity contribution in [2.45, 2.75) is 58.7 Å². The number of carbonyl (C=O) groups excluding carboxylic acids is 1. The maximum Gasteiger partial charge on any atom is 0.237 e. The van der Waals surface area contributed by atoms with Gasteiger partial charge in [0.05, 0.1) is 6.04 Å². The fourth-order valence-electron chi connectivity index (χ4n) is 1.97. The monoisotopic (exact) mass is 241 g/mol. The topological polar surface area (TPSA) is 44.4 Å². The molecule has 100 valence electrons. The van der Waals surface area contributed by atoms with Crippen LogP contribution >= 0.6 is 0 Å². The Kier molecular flexibility index (Phi) is 5.92. The Morgan fingerprint density at radius 1 is 1.35 bits per heavy atom. The maximum absolute atomic E-state index is 11.7. The molecule has 4 nitrogen and oxygen atoms in total. The molecule has 1 atom stereocenters. The lowest BCUT2D eigenvalue weighted by atomic mass is 10.3. The molecule has 4 heteroatoms. The highest BCUT2D eigenvalue weighted by atomic mass is 16.2. The van der Waals surface area contributed by atoms with E-state index in [0.717, 1.165) is 25.7 Å². The van der Waals surface area contributed by atoms with Crippen LogP contribution in [-0.4, -0.2) is 48.6 Å². The molecule has 2 N–H and O–H groups in total. The SMILES string of the molecule is CCN(CCNC(C)C(=O)NC(C)C)C1CC1. The Bertz CT molecular complexity index is 239. The van der Waals surface area contributed by atoms with E-state index in [1.54, 1.807) is 0 Å². The van der Waals surface area contributed by atoms with Crippen LogP contribution in [0.15, 0.2) is 0 Å². The summed E-state index contributed by atoms with van der Waals surface area (Å²) in [6, 6.07) is 0.919. The van der Waals surface area contributed by atoms with Crippen molar-refractivity contribution >= 4 is 5.91 Å². The molecule has 0 aliphatic heterocycles. The largest absolute Gasteiger partial charge is 0.353 e. The number of carbonyl (C=O) groups is 1. The van der Waals surface area contributed by atoms with Crippen molar-refractivity contribution < 1.29 is 4.79 Å². The molecule has 1 saturated carbocycles. The molecular weight excluding hydrogens is 214 g/mol. The van der Waals surface area contributed by atoms with Crippen LogP contribution < -0.4 is 10.6 Å². The van der Waals surface area contributed by atoms with Crippen LogP contribution in [0.25, 0.3) is 0 Å². The minimum atomic E-state index is -0.102. The van der Waals surface area contributed by atoms with Crippen molar-refractivity contribution in [3.8, 4) is 0 Å². The molecule has 1 fully saturated rings. The number of nitrogens with one attached hydrogen (secondary N) is 2. The second kappa shape index (κ2) is 6.97. The van der Waals surface area contributed by atoms with E-state index in [1.807, 2.05) is 20.8 Å². The van der Waals surface area contributed by atoms with Gasteiger partial charge in [-0.25, -0.2) is 0 Å². The fourth-order valence-corrected chi connectivity index (χ4v) is 1.97. The van der Waals surface area contributed by atoms with E-state index < -0.39 is 0 Å². The predicted molar refractivity (Wildman–Crippen MR) is 71.0 cm³/mol. The lowest BCUT2D eigenvalue weighted by Gasteiger charge is -2.21. The van der Waals surface area contributed by atoms with E-state index in [0.29, 0.717) is 0 Å². The third-order valence-corrected chi connectivity index (χ3v) is 3.14. The summed E-state index contributed by atoms with van der Waals surface area (Å²) in [7, 11) is 0. The molecule has 1 aliphatic rings. The fraction of sp³-hybridized carbons (Fsp3) is 0.923. The van der Waals surface area contributed by atoms with Crippen LogP contribution in [0.5, 0.6) is 0 Å². The number of rotatable bonds is 8. The Labute approximate surface area is 105 Å². The second-order valence-corrected chi connectivity index (χ2v) is 5.20. The van der Waals surface area contributed by atoms with E-state index in [2.05, 4.69) is 22.5 Å². The van der Waals surface area contributed by atoms with Gasteiger partial charge in [-0.3, -0.25) is 9.69 Å². The zero-order valence-corrected chi connectivity index (χ0v) is 11.6. The van der Waals surface area contributed by atoms with E-state index in [-0.39, 0.29) is 18.0 Å². The smallest absolute Gasteiger partial charge is 0.237 e. The molecule has 1 rings (SSSR count). The van der Waals surface area contributed by atoms with Crippen molar-refractivity contribution in [3.63, 3.8) is 0 Å². The summed E-state index contributed by atoms with van der Waals surface area (Å²) in [5.74, 6) is 0.0921. The van der Waals surface area contributed by atoms with Crippen LogP contribution in [0, 0.1) is 0 Å². The first-order chi connectivity index (χ1) is 8.04. The number of hydrogen-bond acceptors (Lipinski definition) is 3. The van der Waals surface area contributed by atoms with E-state index >= 15 is 0 Å². The van der Waals surface area contributed by atoms with Gasteiger partial charge in [0.25, 0.3) is 0 Å². The van der Waals surface area contributed by atoms with Gasteiger partial charge in [-0.1, -0.05) is 6.92 Å². The highest BCUT2D eigenvalue weighted by Gasteiger charge is 2.27. The normalized spacial score (nSPS) is 17.5. The van der Waals surface area contributed by atoms with Crippen LogP contribution in [0.2, 0.25) is 0 Å². The number of hydrogen-bond donors (Lipinski definition) is 2. The van der Waals surface area contributed by atoms with Crippen molar-refractivity contribution in [1.29, 1.82) is 0 Å². The highest BCUT2D eigenvalue weighted by Crippen LogP contribution is 2.25. The van der Waals surface area contributed by atoms with E-state index in [1.165, 1.54) is 12.8 Å². The van der Waals surface area contributed by atoms with E-state index in [4.69, 9.17) is 0 Å². The van der Waals surface area contributed by atoms with Crippen molar-refractivity contribution in [2.24, 2.45) is 0 Å². The van der Waals surface area contributed by atoms with Gasteiger partial charge in [-0.2, -0.15) is 0 Å².